The molecule has 0 saturated carbocycles. The van der Waals surface area contributed by atoms with Gasteiger partial charge in [-0.15, -0.1) is 0 Å². The molecule has 1 unspecified atom stereocenters. The maximum atomic E-state index is 13.6. The van der Waals surface area contributed by atoms with E-state index in [4.69, 9.17) is 15.0 Å². The standard InChI is InChI=1S/C16H19FN4O3/c17-12-5-1-2-6-13(12)23-10-11-4-3-7-21(8-11)9-14-19-16(15(18)22)20-24-14/h1-2,5-6,11H,3-4,7-10H2,(H2,18,22). The van der Waals surface area contributed by atoms with E-state index in [9.17, 15) is 9.18 Å². The number of para-hydroxylation sites is 1. The van der Waals surface area contributed by atoms with Crippen molar-refractivity contribution in [3.05, 3.63) is 41.8 Å². The molecule has 3 rings (SSSR count). The summed E-state index contributed by atoms with van der Waals surface area (Å²) in [5, 5.41) is 3.53. The Labute approximate surface area is 138 Å². The number of hydrogen-bond acceptors (Lipinski definition) is 6. The van der Waals surface area contributed by atoms with Crippen LogP contribution in [0.15, 0.2) is 28.8 Å². The fourth-order valence-electron chi connectivity index (χ4n) is 2.81. The van der Waals surface area contributed by atoms with Gasteiger partial charge in [0.25, 0.3) is 11.7 Å². The molecule has 1 saturated heterocycles. The Bertz CT molecular complexity index is 706. The second-order valence-electron chi connectivity index (χ2n) is 5.86. The predicted octanol–water partition coefficient (Wildman–Crippen LogP) is 1.60. The van der Waals surface area contributed by atoms with Crippen LogP contribution in [0.5, 0.6) is 5.75 Å². The van der Waals surface area contributed by atoms with Crippen molar-refractivity contribution < 1.29 is 18.4 Å². The second kappa shape index (κ2) is 7.39. The number of hydrogen-bond donors (Lipinski definition) is 1. The number of nitrogens with zero attached hydrogens (tertiary/aromatic N) is 3. The van der Waals surface area contributed by atoms with E-state index in [-0.39, 0.29) is 23.3 Å². The lowest BCUT2D eigenvalue weighted by Crippen LogP contribution is -2.37. The second-order valence-corrected chi connectivity index (χ2v) is 5.86. The molecule has 1 amide bonds. The highest BCUT2D eigenvalue weighted by molar-refractivity contribution is 5.88. The van der Waals surface area contributed by atoms with Gasteiger partial charge in [-0.2, -0.15) is 4.98 Å². The first-order chi connectivity index (χ1) is 11.6. The highest BCUT2D eigenvalue weighted by Crippen LogP contribution is 2.21. The Morgan fingerprint density at radius 2 is 2.29 bits per heavy atom. The van der Waals surface area contributed by atoms with Crippen molar-refractivity contribution >= 4 is 5.91 Å². The van der Waals surface area contributed by atoms with Crippen molar-refractivity contribution in [2.75, 3.05) is 19.7 Å². The lowest BCUT2D eigenvalue weighted by molar-refractivity contribution is 0.0987. The first-order valence-corrected chi connectivity index (χ1v) is 7.84. The van der Waals surface area contributed by atoms with Gasteiger partial charge in [0.1, 0.15) is 0 Å². The Morgan fingerprint density at radius 3 is 3.04 bits per heavy atom. The van der Waals surface area contributed by atoms with Gasteiger partial charge in [-0.05, 0) is 31.5 Å². The lowest BCUT2D eigenvalue weighted by Gasteiger charge is -2.31. The van der Waals surface area contributed by atoms with Crippen LogP contribution in [-0.2, 0) is 6.54 Å². The molecule has 2 aromatic rings. The van der Waals surface area contributed by atoms with E-state index in [0.717, 1.165) is 25.9 Å². The van der Waals surface area contributed by atoms with Crippen LogP contribution in [0.2, 0.25) is 0 Å². The molecule has 1 fully saturated rings. The molecule has 8 heteroatoms. The van der Waals surface area contributed by atoms with Crippen molar-refractivity contribution in [1.82, 2.24) is 15.0 Å². The topological polar surface area (TPSA) is 94.5 Å². The largest absolute Gasteiger partial charge is 0.490 e. The molecule has 2 N–H and O–H groups in total. The van der Waals surface area contributed by atoms with E-state index < -0.39 is 5.91 Å². The molecular formula is C16H19FN4O3. The van der Waals surface area contributed by atoms with Crippen LogP contribution in [0.1, 0.15) is 29.4 Å². The molecule has 0 radical (unpaired) electrons. The maximum absolute atomic E-state index is 13.6. The number of benzene rings is 1. The van der Waals surface area contributed by atoms with Gasteiger partial charge in [0.15, 0.2) is 11.6 Å². The number of piperidine rings is 1. The SMILES string of the molecule is NC(=O)c1noc(CN2CCCC(COc3ccccc3F)C2)n1. The van der Waals surface area contributed by atoms with Crippen molar-refractivity contribution in [3.8, 4) is 5.75 Å². The molecule has 1 aliphatic heterocycles. The number of aromatic nitrogens is 2. The summed E-state index contributed by atoms with van der Waals surface area (Å²) in [5.41, 5.74) is 5.10. The van der Waals surface area contributed by atoms with Gasteiger partial charge in [-0.25, -0.2) is 4.39 Å². The minimum Gasteiger partial charge on any atom is -0.490 e. The lowest BCUT2D eigenvalue weighted by atomic mass is 9.99. The quantitative estimate of drug-likeness (QED) is 0.862. The van der Waals surface area contributed by atoms with Gasteiger partial charge >= 0.3 is 0 Å². The fourth-order valence-corrected chi connectivity index (χ4v) is 2.81. The number of halogens is 1. The van der Waals surface area contributed by atoms with E-state index in [1.807, 2.05) is 0 Å². The van der Waals surface area contributed by atoms with Gasteiger partial charge in [-0.3, -0.25) is 9.69 Å². The monoisotopic (exact) mass is 334 g/mol. The van der Waals surface area contributed by atoms with E-state index >= 15 is 0 Å². The summed E-state index contributed by atoms with van der Waals surface area (Å²) < 4.78 is 24.2. The van der Waals surface area contributed by atoms with Gasteiger partial charge in [0.05, 0.1) is 13.2 Å². The van der Waals surface area contributed by atoms with Gasteiger partial charge in [0, 0.05) is 12.5 Å². The van der Waals surface area contributed by atoms with Crippen molar-refractivity contribution in [2.45, 2.75) is 19.4 Å². The molecule has 0 spiro atoms. The van der Waals surface area contributed by atoms with E-state index in [1.54, 1.807) is 18.2 Å². The van der Waals surface area contributed by atoms with Crippen molar-refractivity contribution in [1.29, 1.82) is 0 Å². The minimum atomic E-state index is -0.709. The van der Waals surface area contributed by atoms with Crippen LogP contribution in [0.25, 0.3) is 0 Å². The zero-order valence-corrected chi connectivity index (χ0v) is 13.2. The van der Waals surface area contributed by atoms with Crippen LogP contribution in [-0.4, -0.2) is 40.6 Å². The number of ether oxygens (including phenoxy) is 1. The Hall–Kier alpha value is -2.48. The first kappa shape index (κ1) is 16.4. The zero-order valence-electron chi connectivity index (χ0n) is 13.2. The highest BCUT2D eigenvalue weighted by Gasteiger charge is 2.23. The number of carbonyl (C=O) groups is 1. The summed E-state index contributed by atoms with van der Waals surface area (Å²) in [6.45, 7) is 2.58. The third-order valence-corrected chi connectivity index (χ3v) is 3.96. The van der Waals surface area contributed by atoms with E-state index in [1.165, 1.54) is 6.07 Å². The molecule has 1 aliphatic rings. The van der Waals surface area contributed by atoms with Gasteiger partial charge in [0.2, 0.25) is 5.89 Å². The van der Waals surface area contributed by atoms with E-state index in [2.05, 4.69) is 15.0 Å². The molecule has 7 nitrogen and oxygen atoms in total. The number of nitrogens with two attached hydrogens (primary N) is 1. The first-order valence-electron chi connectivity index (χ1n) is 7.84. The van der Waals surface area contributed by atoms with Crippen LogP contribution in [0.4, 0.5) is 4.39 Å². The molecule has 128 valence electrons. The summed E-state index contributed by atoms with van der Waals surface area (Å²) in [6.07, 6.45) is 2.02. The molecule has 1 aromatic heterocycles. The molecule has 1 aromatic carbocycles. The summed E-state index contributed by atoms with van der Waals surface area (Å²) in [7, 11) is 0. The Balaban J connectivity index is 1.52. The van der Waals surface area contributed by atoms with Gasteiger partial charge < -0.3 is 15.0 Å². The number of likely N-dealkylation sites (tertiary alicyclic amines) is 1. The minimum absolute atomic E-state index is 0.110. The smallest absolute Gasteiger partial charge is 0.290 e. The number of amides is 1. The van der Waals surface area contributed by atoms with Crippen LogP contribution >= 0.6 is 0 Å². The maximum Gasteiger partial charge on any atom is 0.290 e. The average Bonchev–Trinajstić information content (AvgIpc) is 3.03. The third-order valence-electron chi connectivity index (χ3n) is 3.96. The zero-order chi connectivity index (χ0) is 16.9. The van der Waals surface area contributed by atoms with Crippen LogP contribution in [0.3, 0.4) is 0 Å². The van der Waals surface area contributed by atoms with Crippen molar-refractivity contribution in [3.63, 3.8) is 0 Å². The Kier molecular flexibility index (Phi) is 5.05. The molecule has 24 heavy (non-hydrogen) atoms. The predicted molar refractivity (Wildman–Crippen MR) is 82.7 cm³/mol. The summed E-state index contributed by atoms with van der Waals surface area (Å²) in [6, 6.07) is 6.39. The fraction of sp³-hybridized carbons (Fsp3) is 0.438. The number of rotatable bonds is 6. The van der Waals surface area contributed by atoms with Gasteiger partial charge in [-0.1, -0.05) is 17.3 Å². The van der Waals surface area contributed by atoms with Crippen LogP contribution in [0, 0.1) is 11.7 Å². The number of primary amides is 1. The number of carbonyl (C=O) groups excluding carboxylic acids is 1. The molecule has 2 heterocycles. The normalized spacial score (nSPS) is 18.5. The Morgan fingerprint density at radius 1 is 1.46 bits per heavy atom. The highest BCUT2D eigenvalue weighted by atomic mass is 19.1. The molecule has 0 aliphatic carbocycles. The molecular weight excluding hydrogens is 315 g/mol. The molecule has 0 bridgehead atoms. The molecule has 1 atom stereocenters. The van der Waals surface area contributed by atoms with E-state index in [0.29, 0.717) is 19.0 Å². The van der Waals surface area contributed by atoms with Crippen molar-refractivity contribution in [2.24, 2.45) is 11.7 Å². The summed E-state index contributed by atoms with van der Waals surface area (Å²) in [5.74, 6) is -0.245. The van der Waals surface area contributed by atoms with Crippen LogP contribution < -0.4 is 10.5 Å². The summed E-state index contributed by atoms with van der Waals surface area (Å²) in [4.78, 5) is 17.1. The average molecular weight is 334 g/mol. The summed E-state index contributed by atoms with van der Waals surface area (Å²) >= 11 is 0. The third kappa shape index (κ3) is 4.08.